The number of likely N-dealkylation sites (tertiary alicyclic amines) is 1. The number of nitrogens with zero attached hydrogens (tertiary/aromatic N) is 2. The molecule has 0 saturated carbocycles. The highest BCUT2D eigenvalue weighted by Crippen LogP contribution is 2.40. The van der Waals surface area contributed by atoms with Crippen molar-refractivity contribution in [3.8, 4) is 11.5 Å². The number of ketones is 1. The van der Waals surface area contributed by atoms with Gasteiger partial charge in [-0.3, -0.25) is 9.59 Å². The van der Waals surface area contributed by atoms with Crippen LogP contribution in [0, 0.1) is 0 Å². The first kappa shape index (κ1) is 28.9. The lowest BCUT2D eigenvalue weighted by Gasteiger charge is -2.26. The maximum Gasteiger partial charge on any atom is 0.295 e. The van der Waals surface area contributed by atoms with E-state index in [0.717, 1.165) is 22.4 Å². The van der Waals surface area contributed by atoms with Crippen molar-refractivity contribution in [2.24, 2.45) is 0 Å². The zero-order valence-corrected chi connectivity index (χ0v) is 23.9. The molecule has 0 bridgehead atoms. The monoisotopic (exact) mass is 542 g/mol. The van der Waals surface area contributed by atoms with E-state index in [2.05, 4.69) is 0 Å². The van der Waals surface area contributed by atoms with Crippen LogP contribution in [0.1, 0.15) is 55.0 Å². The van der Waals surface area contributed by atoms with E-state index >= 15 is 0 Å². The highest BCUT2D eigenvalue weighted by Gasteiger charge is 2.46. The van der Waals surface area contributed by atoms with Crippen LogP contribution in [0.4, 0.5) is 0 Å². The lowest BCUT2D eigenvalue weighted by molar-refractivity contribution is -0.140. The molecule has 4 rings (SSSR count). The SMILES string of the molecule is CCOc1ccc(/C(O)=C2/C(=O)C(=O)N(CCN(C)C)C2c2ccc(OCc3ccccc3)cc2)cc1C(C)C. The molecule has 0 spiro atoms. The molecule has 7 heteroatoms. The fourth-order valence-corrected chi connectivity index (χ4v) is 4.84. The third kappa shape index (κ3) is 6.37. The van der Waals surface area contributed by atoms with E-state index in [-0.39, 0.29) is 17.3 Å². The van der Waals surface area contributed by atoms with Crippen LogP contribution in [0.5, 0.6) is 11.5 Å². The van der Waals surface area contributed by atoms with Gasteiger partial charge in [0.25, 0.3) is 11.7 Å². The van der Waals surface area contributed by atoms with Gasteiger partial charge in [0, 0.05) is 18.7 Å². The number of Topliss-reactive ketones (excluding diaryl/α,β-unsaturated/α-hetero) is 1. The summed E-state index contributed by atoms with van der Waals surface area (Å²) in [5, 5.41) is 11.5. The normalized spacial score (nSPS) is 16.7. The molecule has 3 aromatic rings. The summed E-state index contributed by atoms with van der Waals surface area (Å²) in [4.78, 5) is 30.2. The number of aliphatic hydroxyl groups excluding tert-OH is 1. The molecule has 1 atom stereocenters. The molecule has 1 N–H and O–H groups in total. The van der Waals surface area contributed by atoms with Gasteiger partial charge in [-0.15, -0.1) is 0 Å². The van der Waals surface area contributed by atoms with Crippen molar-refractivity contribution in [3.05, 3.63) is 101 Å². The van der Waals surface area contributed by atoms with E-state index in [0.29, 0.717) is 37.6 Å². The smallest absolute Gasteiger partial charge is 0.295 e. The van der Waals surface area contributed by atoms with Crippen LogP contribution >= 0.6 is 0 Å². The molecule has 1 amide bonds. The summed E-state index contributed by atoms with van der Waals surface area (Å²) in [6.45, 7) is 7.87. The Bertz CT molecular complexity index is 1360. The van der Waals surface area contributed by atoms with Crippen LogP contribution in [0.25, 0.3) is 5.76 Å². The summed E-state index contributed by atoms with van der Waals surface area (Å²) in [7, 11) is 3.83. The largest absolute Gasteiger partial charge is 0.507 e. The number of aliphatic hydroxyl groups is 1. The number of amides is 1. The highest BCUT2D eigenvalue weighted by atomic mass is 16.5. The van der Waals surface area contributed by atoms with E-state index in [1.807, 2.05) is 106 Å². The molecule has 210 valence electrons. The van der Waals surface area contributed by atoms with Crippen LogP contribution in [-0.4, -0.2) is 60.4 Å². The summed E-state index contributed by atoms with van der Waals surface area (Å²) in [6.07, 6.45) is 0. The molecule has 7 nitrogen and oxygen atoms in total. The summed E-state index contributed by atoms with van der Waals surface area (Å²) in [5.74, 6) is 0.0496. The molecule has 1 unspecified atom stereocenters. The summed E-state index contributed by atoms with van der Waals surface area (Å²) >= 11 is 0. The van der Waals surface area contributed by atoms with E-state index in [1.165, 1.54) is 0 Å². The van der Waals surface area contributed by atoms with Crippen LogP contribution < -0.4 is 9.47 Å². The van der Waals surface area contributed by atoms with Gasteiger partial charge in [-0.1, -0.05) is 56.3 Å². The van der Waals surface area contributed by atoms with Gasteiger partial charge in [0.1, 0.15) is 23.9 Å². The number of ether oxygens (including phenoxy) is 2. The van der Waals surface area contributed by atoms with Crippen molar-refractivity contribution in [3.63, 3.8) is 0 Å². The van der Waals surface area contributed by atoms with Crippen LogP contribution in [-0.2, 0) is 16.2 Å². The van der Waals surface area contributed by atoms with Crippen molar-refractivity contribution in [1.29, 1.82) is 0 Å². The average molecular weight is 543 g/mol. The molecule has 1 heterocycles. The van der Waals surface area contributed by atoms with Crippen LogP contribution in [0.2, 0.25) is 0 Å². The summed E-state index contributed by atoms with van der Waals surface area (Å²) in [6, 6.07) is 21.9. The van der Waals surface area contributed by atoms with E-state index < -0.39 is 17.7 Å². The van der Waals surface area contributed by atoms with Crippen molar-refractivity contribution < 1.29 is 24.2 Å². The Labute approximate surface area is 236 Å². The number of carbonyl (C=O) groups is 2. The maximum atomic E-state index is 13.4. The van der Waals surface area contributed by atoms with Crippen LogP contribution in [0.15, 0.2) is 78.4 Å². The second-order valence-corrected chi connectivity index (χ2v) is 10.5. The molecule has 0 aromatic heterocycles. The quantitative estimate of drug-likeness (QED) is 0.188. The molecule has 0 radical (unpaired) electrons. The molecule has 1 aliphatic heterocycles. The number of hydrogen-bond donors (Lipinski definition) is 1. The van der Waals surface area contributed by atoms with Gasteiger partial charge < -0.3 is 24.4 Å². The zero-order chi connectivity index (χ0) is 28.8. The van der Waals surface area contributed by atoms with E-state index in [9.17, 15) is 14.7 Å². The number of hydrogen-bond acceptors (Lipinski definition) is 6. The minimum atomic E-state index is -0.725. The summed E-state index contributed by atoms with van der Waals surface area (Å²) < 4.78 is 11.7. The molecule has 1 aliphatic rings. The maximum absolute atomic E-state index is 13.4. The number of likely N-dealkylation sites (N-methyl/N-ethyl adjacent to an activating group) is 1. The van der Waals surface area contributed by atoms with Gasteiger partial charge in [0.2, 0.25) is 0 Å². The molecule has 1 saturated heterocycles. The first-order valence-corrected chi connectivity index (χ1v) is 13.7. The Kier molecular flexibility index (Phi) is 9.27. The Morgan fingerprint density at radius 3 is 2.30 bits per heavy atom. The minimum absolute atomic E-state index is 0.0839. The first-order valence-electron chi connectivity index (χ1n) is 13.7. The zero-order valence-electron chi connectivity index (χ0n) is 23.9. The lowest BCUT2D eigenvalue weighted by Crippen LogP contribution is -2.35. The Hall–Kier alpha value is -4.10. The molecule has 40 heavy (non-hydrogen) atoms. The standard InChI is InChI=1S/C33H38N2O5/c1-6-39-28-17-14-25(20-27(28)22(2)3)31(36)29-30(35(19-18-34(4)5)33(38)32(29)37)24-12-15-26(16-13-24)40-21-23-10-8-7-9-11-23/h7-17,20,22,30,36H,6,18-19,21H2,1-5H3/b31-29-. The molecule has 1 fully saturated rings. The van der Waals surface area contributed by atoms with Crippen molar-refractivity contribution in [2.45, 2.75) is 39.3 Å². The van der Waals surface area contributed by atoms with Gasteiger partial charge in [0.05, 0.1) is 18.2 Å². The predicted molar refractivity (Wildman–Crippen MR) is 156 cm³/mol. The second-order valence-electron chi connectivity index (χ2n) is 10.5. The highest BCUT2D eigenvalue weighted by molar-refractivity contribution is 6.46. The van der Waals surface area contributed by atoms with Crippen molar-refractivity contribution in [1.82, 2.24) is 9.80 Å². The van der Waals surface area contributed by atoms with Crippen molar-refractivity contribution in [2.75, 3.05) is 33.8 Å². The number of carbonyl (C=O) groups excluding carboxylic acids is 2. The fourth-order valence-electron chi connectivity index (χ4n) is 4.84. The number of benzene rings is 3. The molecule has 0 aliphatic carbocycles. The van der Waals surface area contributed by atoms with Gasteiger partial charge in [-0.2, -0.15) is 0 Å². The molecular weight excluding hydrogens is 504 g/mol. The molecule has 3 aromatic carbocycles. The Balaban J connectivity index is 1.72. The first-order chi connectivity index (χ1) is 19.2. The van der Waals surface area contributed by atoms with Crippen molar-refractivity contribution >= 4 is 17.4 Å². The summed E-state index contributed by atoms with van der Waals surface area (Å²) in [5.41, 5.74) is 3.26. The number of rotatable bonds is 11. The lowest BCUT2D eigenvalue weighted by atomic mass is 9.93. The van der Waals surface area contributed by atoms with Gasteiger partial charge in [-0.25, -0.2) is 0 Å². The van der Waals surface area contributed by atoms with Gasteiger partial charge in [-0.05, 0) is 74.0 Å². The predicted octanol–water partition coefficient (Wildman–Crippen LogP) is 5.77. The van der Waals surface area contributed by atoms with E-state index in [1.54, 1.807) is 11.0 Å². The van der Waals surface area contributed by atoms with Gasteiger partial charge in [0.15, 0.2) is 0 Å². The average Bonchev–Trinajstić information content (AvgIpc) is 3.20. The minimum Gasteiger partial charge on any atom is -0.507 e. The third-order valence-electron chi connectivity index (χ3n) is 6.98. The molecular formula is C33H38N2O5. The van der Waals surface area contributed by atoms with E-state index in [4.69, 9.17) is 9.47 Å². The Morgan fingerprint density at radius 2 is 1.68 bits per heavy atom. The second kappa shape index (κ2) is 12.8. The topological polar surface area (TPSA) is 79.3 Å². The van der Waals surface area contributed by atoms with Crippen LogP contribution in [0.3, 0.4) is 0 Å². The fraction of sp³-hybridized carbons (Fsp3) is 0.333. The Morgan fingerprint density at radius 1 is 0.975 bits per heavy atom. The van der Waals surface area contributed by atoms with Gasteiger partial charge >= 0.3 is 0 Å². The third-order valence-corrected chi connectivity index (χ3v) is 6.98.